The molecular formula is C19H21N3O2. The average Bonchev–Trinajstić information content (AvgIpc) is 3.26. The largest absolute Gasteiger partial charge is 0.338 e. The highest BCUT2D eigenvalue weighted by molar-refractivity contribution is 6.06. The van der Waals surface area contributed by atoms with E-state index in [2.05, 4.69) is 22.3 Å². The normalized spacial score (nSPS) is 26.1. The first kappa shape index (κ1) is 14.2. The van der Waals surface area contributed by atoms with Crippen LogP contribution in [0.4, 0.5) is 0 Å². The molecule has 0 aromatic carbocycles. The Kier molecular flexibility index (Phi) is 3.05. The molecule has 0 N–H and O–H groups in total. The third kappa shape index (κ3) is 2.18. The molecule has 0 radical (unpaired) electrons. The molecule has 2 atom stereocenters. The molecule has 0 bridgehead atoms. The van der Waals surface area contributed by atoms with E-state index in [1.165, 1.54) is 0 Å². The molecule has 2 aromatic rings. The van der Waals surface area contributed by atoms with Gasteiger partial charge in [-0.15, -0.1) is 0 Å². The molecule has 124 valence electrons. The molecule has 2 fully saturated rings. The van der Waals surface area contributed by atoms with Gasteiger partial charge in [0.15, 0.2) is 0 Å². The first-order chi connectivity index (χ1) is 11.7. The topological polar surface area (TPSA) is 59.2 Å². The van der Waals surface area contributed by atoms with Crippen molar-refractivity contribution in [1.29, 1.82) is 0 Å². The van der Waals surface area contributed by atoms with Gasteiger partial charge in [-0.3, -0.25) is 4.79 Å². The molecule has 5 heteroatoms. The van der Waals surface area contributed by atoms with Crippen molar-refractivity contribution in [1.82, 2.24) is 15.0 Å². The fraction of sp³-hybridized carbons (Fsp3) is 0.526. The van der Waals surface area contributed by atoms with Crippen LogP contribution in [0.1, 0.15) is 53.3 Å². The molecule has 1 aliphatic heterocycles. The number of aromatic nitrogens is 2. The number of likely N-dealkylation sites (tertiary alicyclic amines) is 1. The summed E-state index contributed by atoms with van der Waals surface area (Å²) in [5.41, 5.74) is 2.98. The zero-order chi connectivity index (χ0) is 16.3. The number of hydrogen-bond donors (Lipinski definition) is 0. The summed E-state index contributed by atoms with van der Waals surface area (Å²) >= 11 is 0. The highest BCUT2D eigenvalue weighted by Gasteiger charge is 2.37. The van der Waals surface area contributed by atoms with Crippen LogP contribution in [0.15, 0.2) is 22.7 Å². The molecule has 5 nitrogen and oxygen atoms in total. The summed E-state index contributed by atoms with van der Waals surface area (Å²) < 4.78 is 5.37. The van der Waals surface area contributed by atoms with Crippen molar-refractivity contribution in [2.24, 2.45) is 11.8 Å². The summed E-state index contributed by atoms with van der Waals surface area (Å²) in [6, 6.07) is 1.99. The standard InChI is InChI=1S/C19H21N3O2/c1-11-17-15(8-16(12-6-7-12)20-18(17)24-21-11)19(23)22-9-13-4-2-3-5-14(13)10-22/h2-3,8,12-14H,4-7,9-10H2,1H3/t13-,14-/m1/s1. The number of allylic oxidation sites excluding steroid dienone is 2. The van der Waals surface area contributed by atoms with Crippen molar-refractivity contribution in [3.63, 3.8) is 0 Å². The number of pyridine rings is 1. The molecule has 5 rings (SSSR count). The lowest BCUT2D eigenvalue weighted by molar-refractivity contribution is 0.0786. The Morgan fingerprint density at radius 2 is 1.92 bits per heavy atom. The fourth-order valence-electron chi connectivity index (χ4n) is 4.22. The Hall–Kier alpha value is -2.17. The van der Waals surface area contributed by atoms with Crippen molar-refractivity contribution in [3.8, 4) is 0 Å². The maximum Gasteiger partial charge on any atom is 0.259 e. The second-order valence-corrected chi connectivity index (χ2v) is 7.49. The molecule has 24 heavy (non-hydrogen) atoms. The molecule has 1 amide bonds. The SMILES string of the molecule is Cc1noc2nc(C3CC3)cc(C(=O)N3C[C@H]4CC=CC[C@@H]4C3)c12. The Morgan fingerprint density at radius 3 is 2.58 bits per heavy atom. The Balaban J connectivity index is 1.53. The predicted molar refractivity (Wildman–Crippen MR) is 89.8 cm³/mol. The van der Waals surface area contributed by atoms with Gasteiger partial charge in [-0.2, -0.15) is 0 Å². The zero-order valence-corrected chi connectivity index (χ0v) is 13.9. The number of fused-ring (bicyclic) bond motifs is 2. The van der Waals surface area contributed by atoms with E-state index in [1.54, 1.807) is 0 Å². The number of rotatable bonds is 2. The molecule has 2 aromatic heterocycles. The predicted octanol–water partition coefficient (Wildman–Crippen LogP) is 3.45. The molecule has 3 heterocycles. The van der Waals surface area contributed by atoms with Gasteiger partial charge in [-0.05, 0) is 50.5 Å². The minimum absolute atomic E-state index is 0.116. The van der Waals surface area contributed by atoms with E-state index >= 15 is 0 Å². The van der Waals surface area contributed by atoms with E-state index in [9.17, 15) is 4.79 Å². The van der Waals surface area contributed by atoms with Gasteiger partial charge < -0.3 is 9.42 Å². The fourth-order valence-corrected chi connectivity index (χ4v) is 4.22. The third-order valence-electron chi connectivity index (χ3n) is 5.77. The Bertz CT molecular complexity index is 834. The van der Waals surface area contributed by atoms with Gasteiger partial charge in [0, 0.05) is 24.7 Å². The Labute approximate surface area is 140 Å². The number of hydrogen-bond acceptors (Lipinski definition) is 4. The lowest BCUT2D eigenvalue weighted by Crippen LogP contribution is -2.29. The second-order valence-electron chi connectivity index (χ2n) is 7.49. The zero-order valence-electron chi connectivity index (χ0n) is 13.9. The van der Waals surface area contributed by atoms with Gasteiger partial charge in [0.25, 0.3) is 11.6 Å². The summed E-state index contributed by atoms with van der Waals surface area (Å²) in [6.45, 7) is 3.61. The van der Waals surface area contributed by atoms with E-state index in [0.717, 1.165) is 61.1 Å². The smallest absolute Gasteiger partial charge is 0.259 e. The van der Waals surface area contributed by atoms with Gasteiger partial charge >= 0.3 is 0 Å². The lowest BCUT2D eigenvalue weighted by Gasteiger charge is -2.17. The van der Waals surface area contributed by atoms with Crippen molar-refractivity contribution in [2.45, 2.75) is 38.5 Å². The van der Waals surface area contributed by atoms with Crippen LogP contribution in [0, 0.1) is 18.8 Å². The lowest BCUT2D eigenvalue weighted by atomic mass is 9.86. The van der Waals surface area contributed by atoms with Crippen LogP contribution in [-0.2, 0) is 0 Å². The summed E-state index contributed by atoms with van der Waals surface area (Å²) in [5, 5.41) is 4.83. The van der Waals surface area contributed by atoms with E-state index < -0.39 is 0 Å². The summed E-state index contributed by atoms with van der Waals surface area (Å²) in [4.78, 5) is 19.9. The highest BCUT2D eigenvalue weighted by atomic mass is 16.5. The van der Waals surface area contributed by atoms with Gasteiger partial charge in [0.05, 0.1) is 16.6 Å². The Morgan fingerprint density at radius 1 is 1.21 bits per heavy atom. The molecule has 1 saturated carbocycles. The molecular weight excluding hydrogens is 302 g/mol. The van der Waals surface area contributed by atoms with Crippen molar-refractivity contribution in [3.05, 3.63) is 35.2 Å². The second kappa shape index (κ2) is 5.16. The first-order valence-corrected chi connectivity index (χ1v) is 8.92. The number of aryl methyl sites for hydroxylation is 1. The van der Waals surface area contributed by atoms with Crippen LogP contribution in [0.2, 0.25) is 0 Å². The van der Waals surface area contributed by atoms with Crippen molar-refractivity contribution in [2.75, 3.05) is 13.1 Å². The van der Waals surface area contributed by atoms with Crippen LogP contribution < -0.4 is 0 Å². The number of carbonyl (C=O) groups excluding carboxylic acids is 1. The maximum atomic E-state index is 13.3. The van der Waals surface area contributed by atoms with E-state index in [4.69, 9.17) is 4.52 Å². The monoisotopic (exact) mass is 323 g/mol. The van der Waals surface area contributed by atoms with Crippen LogP contribution >= 0.6 is 0 Å². The van der Waals surface area contributed by atoms with E-state index in [-0.39, 0.29) is 5.91 Å². The van der Waals surface area contributed by atoms with Gasteiger partial charge in [0.2, 0.25) is 0 Å². The average molecular weight is 323 g/mol. The first-order valence-electron chi connectivity index (χ1n) is 8.92. The molecule has 1 saturated heterocycles. The van der Waals surface area contributed by atoms with Gasteiger partial charge in [0.1, 0.15) is 0 Å². The summed E-state index contributed by atoms with van der Waals surface area (Å²) in [6.07, 6.45) is 9.02. The minimum atomic E-state index is 0.116. The molecule has 0 spiro atoms. The highest BCUT2D eigenvalue weighted by Crippen LogP contribution is 2.41. The number of amides is 1. The molecule has 3 aliphatic rings. The molecule has 0 unspecified atom stereocenters. The number of carbonyl (C=O) groups is 1. The maximum absolute atomic E-state index is 13.3. The van der Waals surface area contributed by atoms with Crippen LogP contribution in [-0.4, -0.2) is 34.0 Å². The van der Waals surface area contributed by atoms with Crippen LogP contribution in [0.5, 0.6) is 0 Å². The molecule has 2 aliphatic carbocycles. The minimum Gasteiger partial charge on any atom is -0.338 e. The van der Waals surface area contributed by atoms with E-state index in [1.807, 2.05) is 17.9 Å². The third-order valence-corrected chi connectivity index (χ3v) is 5.77. The van der Waals surface area contributed by atoms with Crippen molar-refractivity contribution >= 4 is 17.0 Å². The number of nitrogens with zero attached hydrogens (tertiary/aromatic N) is 3. The van der Waals surface area contributed by atoms with Crippen LogP contribution in [0.25, 0.3) is 11.1 Å². The quantitative estimate of drug-likeness (QED) is 0.794. The van der Waals surface area contributed by atoms with E-state index in [0.29, 0.717) is 23.5 Å². The van der Waals surface area contributed by atoms with Crippen LogP contribution in [0.3, 0.4) is 0 Å². The van der Waals surface area contributed by atoms with Gasteiger partial charge in [-0.1, -0.05) is 17.3 Å². The summed E-state index contributed by atoms with van der Waals surface area (Å²) in [5.74, 6) is 1.83. The van der Waals surface area contributed by atoms with Crippen molar-refractivity contribution < 1.29 is 9.32 Å². The van der Waals surface area contributed by atoms with Gasteiger partial charge in [-0.25, -0.2) is 4.98 Å². The summed E-state index contributed by atoms with van der Waals surface area (Å²) in [7, 11) is 0.